The van der Waals surface area contributed by atoms with Crippen molar-refractivity contribution in [3.63, 3.8) is 0 Å². The molecule has 1 saturated heterocycles. The Kier molecular flexibility index (Phi) is 4.86. The van der Waals surface area contributed by atoms with E-state index in [0.717, 1.165) is 37.5 Å². The monoisotopic (exact) mass is 314 g/mol. The smallest absolute Gasteiger partial charge is 0.142 e. The van der Waals surface area contributed by atoms with E-state index in [0.29, 0.717) is 6.04 Å². The van der Waals surface area contributed by atoms with Gasteiger partial charge in [0.25, 0.3) is 0 Å². The van der Waals surface area contributed by atoms with E-state index < -0.39 is 0 Å². The van der Waals surface area contributed by atoms with Crippen LogP contribution in [0, 0.1) is 0 Å². The maximum absolute atomic E-state index is 5.48. The lowest BCUT2D eigenvalue weighted by molar-refractivity contribution is 0.366. The van der Waals surface area contributed by atoms with Crippen LogP contribution in [0.1, 0.15) is 31.6 Å². The summed E-state index contributed by atoms with van der Waals surface area (Å²) in [6.45, 7) is 4.28. The molecule has 2 aromatic rings. The molecule has 0 aliphatic carbocycles. The molecule has 1 aromatic heterocycles. The average Bonchev–Trinajstić information content (AvgIpc) is 3.02. The first-order valence-electron chi connectivity index (χ1n) is 8.30. The normalized spacial score (nSPS) is 17.3. The van der Waals surface area contributed by atoms with Gasteiger partial charge in [-0.1, -0.05) is 12.1 Å². The zero-order valence-electron chi connectivity index (χ0n) is 14.2. The number of hydrogen-bond donors (Lipinski definition) is 1. The van der Waals surface area contributed by atoms with Gasteiger partial charge in [0.15, 0.2) is 0 Å². The maximum Gasteiger partial charge on any atom is 0.142 e. The van der Waals surface area contributed by atoms with Gasteiger partial charge in [-0.15, -0.1) is 0 Å². The minimum absolute atomic E-state index is 0.276. The van der Waals surface area contributed by atoms with Crippen molar-refractivity contribution in [2.24, 2.45) is 7.05 Å². The van der Waals surface area contributed by atoms with E-state index in [1.54, 1.807) is 7.11 Å². The van der Waals surface area contributed by atoms with Crippen molar-refractivity contribution in [1.82, 2.24) is 14.9 Å². The van der Waals surface area contributed by atoms with E-state index in [9.17, 15) is 0 Å². The molecule has 124 valence electrons. The zero-order valence-corrected chi connectivity index (χ0v) is 14.2. The van der Waals surface area contributed by atoms with Crippen LogP contribution in [-0.2, 0) is 7.05 Å². The predicted octanol–water partition coefficient (Wildman–Crippen LogP) is 2.75. The second-order valence-corrected chi connectivity index (χ2v) is 6.22. The molecule has 1 unspecified atom stereocenters. The summed E-state index contributed by atoms with van der Waals surface area (Å²) in [6.07, 6.45) is 6.12. The number of imidazole rings is 1. The molecule has 5 heteroatoms. The second-order valence-electron chi connectivity index (χ2n) is 6.22. The van der Waals surface area contributed by atoms with Gasteiger partial charge in [0.2, 0.25) is 0 Å². The molecule has 5 nitrogen and oxygen atoms in total. The Morgan fingerprint density at radius 1 is 1.26 bits per heavy atom. The molecule has 2 heterocycles. The molecule has 23 heavy (non-hydrogen) atoms. The van der Waals surface area contributed by atoms with Crippen LogP contribution in [0.4, 0.5) is 5.69 Å². The van der Waals surface area contributed by atoms with Crippen molar-refractivity contribution in [1.29, 1.82) is 0 Å². The van der Waals surface area contributed by atoms with E-state index in [4.69, 9.17) is 4.74 Å². The summed E-state index contributed by atoms with van der Waals surface area (Å²) in [5, 5.41) is 3.72. The lowest BCUT2D eigenvalue weighted by Crippen LogP contribution is -2.43. The zero-order chi connectivity index (χ0) is 16.2. The largest absolute Gasteiger partial charge is 0.495 e. The van der Waals surface area contributed by atoms with Crippen molar-refractivity contribution in [3.05, 3.63) is 42.5 Å². The number of para-hydroxylation sites is 2. The minimum Gasteiger partial charge on any atom is -0.495 e. The highest BCUT2D eigenvalue weighted by Crippen LogP contribution is 2.30. The molecule has 1 atom stereocenters. The minimum atomic E-state index is 0.276. The number of aryl methyl sites for hydroxylation is 1. The molecule has 1 aliphatic rings. The van der Waals surface area contributed by atoms with Crippen LogP contribution in [0.5, 0.6) is 5.75 Å². The van der Waals surface area contributed by atoms with Crippen molar-refractivity contribution in [2.45, 2.75) is 31.8 Å². The van der Waals surface area contributed by atoms with Crippen molar-refractivity contribution < 1.29 is 4.74 Å². The summed E-state index contributed by atoms with van der Waals surface area (Å²) in [6, 6.07) is 9.08. The average molecular weight is 314 g/mol. The first kappa shape index (κ1) is 15.9. The van der Waals surface area contributed by atoms with Crippen LogP contribution in [0.2, 0.25) is 0 Å². The van der Waals surface area contributed by atoms with Gasteiger partial charge in [0.05, 0.1) is 18.8 Å². The topological polar surface area (TPSA) is 42.3 Å². The standard InChI is InChI=1S/C18H26N4O/c1-14(18-19-10-13-21(18)2)20-15-8-11-22(12-9-15)16-6-4-5-7-17(16)23-3/h4-7,10,13-15,20H,8-9,11-12H2,1-3H3. The molecule has 1 fully saturated rings. The van der Waals surface area contributed by atoms with Crippen LogP contribution < -0.4 is 15.0 Å². The Morgan fingerprint density at radius 3 is 2.65 bits per heavy atom. The molecule has 0 amide bonds. The van der Waals surface area contributed by atoms with Crippen LogP contribution in [0.15, 0.2) is 36.7 Å². The van der Waals surface area contributed by atoms with Gasteiger partial charge in [0.1, 0.15) is 11.6 Å². The van der Waals surface area contributed by atoms with Crippen molar-refractivity contribution >= 4 is 5.69 Å². The lowest BCUT2D eigenvalue weighted by atomic mass is 10.0. The summed E-state index contributed by atoms with van der Waals surface area (Å²) in [7, 11) is 3.78. The van der Waals surface area contributed by atoms with Gasteiger partial charge >= 0.3 is 0 Å². The first-order chi connectivity index (χ1) is 11.2. The van der Waals surface area contributed by atoms with Crippen LogP contribution >= 0.6 is 0 Å². The number of rotatable bonds is 5. The highest BCUT2D eigenvalue weighted by molar-refractivity contribution is 5.58. The summed E-state index contributed by atoms with van der Waals surface area (Å²) in [5.41, 5.74) is 1.20. The van der Waals surface area contributed by atoms with E-state index in [1.165, 1.54) is 5.69 Å². The number of ether oxygens (including phenoxy) is 1. The molecule has 0 radical (unpaired) electrons. The number of nitrogens with zero attached hydrogens (tertiary/aromatic N) is 3. The third-order valence-corrected chi connectivity index (χ3v) is 4.65. The van der Waals surface area contributed by atoms with Gasteiger partial charge in [-0.25, -0.2) is 4.98 Å². The molecule has 1 aromatic carbocycles. The number of nitrogens with one attached hydrogen (secondary N) is 1. The number of benzene rings is 1. The number of aromatic nitrogens is 2. The van der Waals surface area contributed by atoms with Gasteiger partial charge in [-0.05, 0) is 31.9 Å². The van der Waals surface area contributed by atoms with Crippen molar-refractivity contribution in [2.75, 3.05) is 25.1 Å². The molecular weight excluding hydrogens is 288 g/mol. The maximum atomic E-state index is 5.48. The number of hydrogen-bond acceptors (Lipinski definition) is 4. The Hall–Kier alpha value is -2.01. The van der Waals surface area contributed by atoms with E-state index in [1.807, 2.05) is 31.6 Å². The molecule has 3 rings (SSSR count). The first-order valence-corrected chi connectivity index (χ1v) is 8.30. The quantitative estimate of drug-likeness (QED) is 0.921. The summed E-state index contributed by atoms with van der Waals surface area (Å²) in [4.78, 5) is 6.86. The SMILES string of the molecule is COc1ccccc1N1CCC(NC(C)c2nccn2C)CC1. The molecular formula is C18H26N4O. The molecule has 0 saturated carbocycles. The Morgan fingerprint density at radius 2 is 2.00 bits per heavy atom. The Balaban J connectivity index is 1.57. The van der Waals surface area contributed by atoms with Gasteiger partial charge in [-0.2, -0.15) is 0 Å². The number of anilines is 1. The fourth-order valence-electron chi connectivity index (χ4n) is 3.40. The number of methoxy groups -OCH3 is 1. The predicted molar refractivity (Wildman–Crippen MR) is 93.0 cm³/mol. The molecule has 0 spiro atoms. The molecule has 1 N–H and O–H groups in total. The van der Waals surface area contributed by atoms with Crippen LogP contribution in [-0.4, -0.2) is 35.8 Å². The number of piperidine rings is 1. The van der Waals surface area contributed by atoms with E-state index in [2.05, 4.69) is 38.8 Å². The van der Waals surface area contributed by atoms with Gasteiger partial charge < -0.3 is 19.5 Å². The highest BCUT2D eigenvalue weighted by Gasteiger charge is 2.23. The lowest BCUT2D eigenvalue weighted by Gasteiger charge is -2.35. The summed E-state index contributed by atoms with van der Waals surface area (Å²) < 4.78 is 7.57. The Labute approximate surface area is 138 Å². The van der Waals surface area contributed by atoms with Crippen molar-refractivity contribution in [3.8, 4) is 5.75 Å². The third-order valence-electron chi connectivity index (χ3n) is 4.65. The van der Waals surface area contributed by atoms with E-state index >= 15 is 0 Å². The van der Waals surface area contributed by atoms with Crippen LogP contribution in [0.25, 0.3) is 0 Å². The Bertz CT molecular complexity index is 631. The molecule has 0 bridgehead atoms. The van der Waals surface area contributed by atoms with Gasteiger partial charge in [0, 0.05) is 38.6 Å². The third kappa shape index (κ3) is 3.50. The molecule has 1 aliphatic heterocycles. The van der Waals surface area contributed by atoms with Crippen LogP contribution in [0.3, 0.4) is 0 Å². The fourth-order valence-corrected chi connectivity index (χ4v) is 3.40. The van der Waals surface area contributed by atoms with Gasteiger partial charge in [-0.3, -0.25) is 0 Å². The fraction of sp³-hybridized carbons (Fsp3) is 0.500. The second kappa shape index (κ2) is 7.04. The summed E-state index contributed by atoms with van der Waals surface area (Å²) >= 11 is 0. The summed E-state index contributed by atoms with van der Waals surface area (Å²) in [5.74, 6) is 2.05. The van der Waals surface area contributed by atoms with E-state index in [-0.39, 0.29) is 6.04 Å². The highest BCUT2D eigenvalue weighted by atomic mass is 16.5.